The third-order valence-electron chi connectivity index (χ3n) is 13.5. The van der Waals surface area contributed by atoms with Crippen LogP contribution in [0, 0.1) is 0 Å². The van der Waals surface area contributed by atoms with Gasteiger partial charge in [0.05, 0.1) is 0 Å². The van der Waals surface area contributed by atoms with Crippen molar-refractivity contribution in [2.24, 2.45) is 0 Å². The first-order valence-electron chi connectivity index (χ1n) is 30.5. The molecule has 0 aromatic carbocycles. The van der Waals surface area contributed by atoms with Crippen LogP contribution in [0.3, 0.4) is 0 Å². The summed E-state index contributed by atoms with van der Waals surface area (Å²) in [5.74, 6) is -0.885. The van der Waals surface area contributed by atoms with Crippen LogP contribution in [-0.4, -0.2) is 37.2 Å². The van der Waals surface area contributed by atoms with Crippen molar-refractivity contribution in [2.45, 2.75) is 335 Å². The molecule has 0 aliphatic heterocycles. The smallest absolute Gasteiger partial charge is 0.306 e. The van der Waals surface area contributed by atoms with Gasteiger partial charge in [-0.25, -0.2) is 0 Å². The minimum absolute atomic E-state index is 0.0752. The van der Waals surface area contributed by atoms with E-state index in [1.807, 2.05) is 0 Å². The normalized spacial score (nSPS) is 12.2. The standard InChI is InChI=1S/C63H116O6/c1-4-7-10-13-16-19-22-23-24-25-26-27-28-29-30-31-32-33-34-35-36-37-38-39-40-41-42-45-47-50-53-56-62(65)68-59-60(69-63(66)57-54-51-48-44-21-18-15-12-9-6-3)58-67-61(64)55-52-49-46-43-20-17-14-11-8-5-2/h11-12,14-15,25-26,60H,4-10,13,16-24,27-59H2,1-3H3/b14-11-,15-12-,26-25-. The maximum Gasteiger partial charge on any atom is 0.306 e. The van der Waals surface area contributed by atoms with Gasteiger partial charge < -0.3 is 14.2 Å². The van der Waals surface area contributed by atoms with E-state index in [2.05, 4.69) is 57.2 Å². The highest BCUT2D eigenvalue weighted by Crippen LogP contribution is 2.17. The predicted molar refractivity (Wildman–Crippen MR) is 298 cm³/mol. The van der Waals surface area contributed by atoms with Crippen molar-refractivity contribution in [3.63, 3.8) is 0 Å². The summed E-state index contributed by atoms with van der Waals surface area (Å²) in [5, 5.41) is 0. The van der Waals surface area contributed by atoms with Gasteiger partial charge in [-0.3, -0.25) is 14.4 Å². The zero-order chi connectivity index (χ0) is 50.0. The second-order valence-corrected chi connectivity index (χ2v) is 20.6. The van der Waals surface area contributed by atoms with Gasteiger partial charge >= 0.3 is 17.9 Å². The Labute approximate surface area is 429 Å². The molecule has 6 heteroatoms. The lowest BCUT2D eigenvalue weighted by Gasteiger charge is -2.18. The summed E-state index contributed by atoms with van der Waals surface area (Å²) in [6, 6.07) is 0. The highest BCUT2D eigenvalue weighted by atomic mass is 16.6. The molecule has 0 aromatic rings. The Morgan fingerprint density at radius 3 is 0.783 bits per heavy atom. The zero-order valence-electron chi connectivity index (χ0n) is 46.3. The van der Waals surface area contributed by atoms with E-state index in [9.17, 15) is 14.4 Å². The molecule has 0 amide bonds. The van der Waals surface area contributed by atoms with E-state index < -0.39 is 6.10 Å². The quantitative estimate of drug-likeness (QED) is 0.0261. The lowest BCUT2D eigenvalue weighted by molar-refractivity contribution is -0.167. The van der Waals surface area contributed by atoms with Gasteiger partial charge in [-0.15, -0.1) is 0 Å². The number of unbranched alkanes of at least 4 members (excludes halogenated alkanes) is 39. The molecule has 0 saturated carbocycles. The Hall–Kier alpha value is -2.37. The van der Waals surface area contributed by atoms with Crippen molar-refractivity contribution in [2.75, 3.05) is 13.2 Å². The van der Waals surface area contributed by atoms with Crippen LogP contribution in [0.4, 0.5) is 0 Å². The first-order chi connectivity index (χ1) is 34.0. The Balaban J connectivity index is 3.97. The van der Waals surface area contributed by atoms with E-state index in [0.717, 1.165) is 89.9 Å². The molecule has 0 saturated heterocycles. The summed E-state index contributed by atoms with van der Waals surface area (Å²) in [7, 11) is 0. The first-order valence-corrected chi connectivity index (χ1v) is 30.5. The van der Waals surface area contributed by atoms with E-state index in [-0.39, 0.29) is 31.1 Å². The van der Waals surface area contributed by atoms with E-state index in [1.165, 1.54) is 199 Å². The summed E-state index contributed by atoms with van der Waals surface area (Å²) in [5.41, 5.74) is 0. The first kappa shape index (κ1) is 66.6. The Morgan fingerprint density at radius 1 is 0.275 bits per heavy atom. The molecule has 0 spiro atoms. The third-order valence-corrected chi connectivity index (χ3v) is 13.5. The number of carbonyl (C=O) groups excluding carboxylic acids is 3. The molecule has 0 aliphatic rings. The number of hydrogen-bond donors (Lipinski definition) is 0. The molecular formula is C63H116O6. The highest BCUT2D eigenvalue weighted by Gasteiger charge is 2.19. The van der Waals surface area contributed by atoms with Crippen LogP contribution in [0.1, 0.15) is 329 Å². The fraction of sp³-hybridized carbons (Fsp3) is 0.857. The molecule has 1 atom stereocenters. The number of hydrogen-bond acceptors (Lipinski definition) is 6. The number of carbonyl (C=O) groups is 3. The van der Waals surface area contributed by atoms with Gasteiger partial charge in [0.2, 0.25) is 0 Å². The maximum absolute atomic E-state index is 12.7. The van der Waals surface area contributed by atoms with E-state index in [1.54, 1.807) is 0 Å². The van der Waals surface area contributed by atoms with Gasteiger partial charge in [0.15, 0.2) is 6.10 Å². The lowest BCUT2D eigenvalue weighted by atomic mass is 10.0. The minimum atomic E-state index is -0.775. The van der Waals surface area contributed by atoms with Crippen LogP contribution in [-0.2, 0) is 28.6 Å². The molecule has 1 unspecified atom stereocenters. The largest absolute Gasteiger partial charge is 0.462 e. The molecule has 0 rings (SSSR count). The highest BCUT2D eigenvalue weighted by molar-refractivity contribution is 5.71. The average Bonchev–Trinajstić information content (AvgIpc) is 3.35. The number of allylic oxidation sites excluding steroid dienone is 6. The molecule has 6 nitrogen and oxygen atoms in total. The number of rotatable bonds is 56. The molecule has 0 bridgehead atoms. The summed E-state index contributed by atoms with van der Waals surface area (Å²) in [6.45, 7) is 6.53. The van der Waals surface area contributed by atoms with Crippen LogP contribution in [0.15, 0.2) is 36.5 Å². The molecule has 0 aromatic heterocycles. The van der Waals surface area contributed by atoms with Crippen LogP contribution >= 0.6 is 0 Å². The Morgan fingerprint density at radius 2 is 0.507 bits per heavy atom. The van der Waals surface area contributed by atoms with Crippen molar-refractivity contribution >= 4 is 17.9 Å². The molecule has 0 radical (unpaired) electrons. The molecule has 0 heterocycles. The number of esters is 3. The lowest BCUT2D eigenvalue weighted by Crippen LogP contribution is -2.30. The van der Waals surface area contributed by atoms with Crippen molar-refractivity contribution in [1.29, 1.82) is 0 Å². The van der Waals surface area contributed by atoms with Gasteiger partial charge in [-0.2, -0.15) is 0 Å². The number of ether oxygens (including phenoxy) is 3. The summed E-state index contributed by atoms with van der Waals surface area (Å²) in [6.07, 6.45) is 70.5. The average molecular weight is 970 g/mol. The van der Waals surface area contributed by atoms with Gasteiger partial charge in [0.25, 0.3) is 0 Å². The van der Waals surface area contributed by atoms with Gasteiger partial charge in [0, 0.05) is 19.3 Å². The second-order valence-electron chi connectivity index (χ2n) is 20.6. The van der Waals surface area contributed by atoms with Crippen molar-refractivity contribution in [3.05, 3.63) is 36.5 Å². The summed E-state index contributed by atoms with van der Waals surface area (Å²) >= 11 is 0. The van der Waals surface area contributed by atoms with Crippen molar-refractivity contribution in [1.82, 2.24) is 0 Å². The van der Waals surface area contributed by atoms with Crippen molar-refractivity contribution in [3.8, 4) is 0 Å². The fourth-order valence-corrected chi connectivity index (χ4v) is 8.97. The summed E-state index contributed by atoms with van der Waals surface area (Å²) in [4.78, 5) is 37.9. The molecule has 69 heavy (non-hydrogen) atoms. The molecule has 0 fully saturated rings. The van der Waals surface area contributed by atoms with Crippen LogP contribution in [0.25, 0.3) is 0 Å². The van der Waals surface area contributed by atoms with Crippen LogP contribution < -0.4 is 0 Å². The van der Waals surface area contributed by atoms with E-state index in [0.29, 0.717) is 19.3 Å². The fourth-order valence-electron chi connectivity index (χ4n) is 8.97. The van der Waals surface area contributed by atoms with Gasteiger partial charge in [-0.05, 0) is 83.5 Å². The Kier molecular flexibility index (Phi) is 56.2. The SMILES string of the molecule is CCC/C=C\CCCCCCCC(=O)OCC(COC(=O)CCCCCCCCCCCCCCCCCCCCC/C=C\CCCCCCCCCC)OC(=O)CCCCCCC/C=C\CCC. The predicted octanol–water partition coefficient (Wildman–Crippen LogP) is 20.4. The van der Waals surface area contributed by atoms with Crippen molar-refractivity contribution < 1.29 is 28.6 Å². The third kappa shape index (κ3) is 56.4. The zero-order valence-corrected chi connectivity index (χ0v) is 46.3. The van der Waals surface area contributed by atoms with E-state index >= 15 is 0 Å². The monoisotopic (exact) mass is 969 g/mol. The molecular weight excluding hydrogens is 853 g/mol. The van der Waals surface area contributed by atoms with Gasteiger partial charge in [0.1, 0.15) is 13.2 Å². The second kappa shape index (κ2) is 58.2. The summed E-state index contributed by atoms with van der Waals surface area (Å²) < 4.78 is 16.8. The van der Waals surface area contributed by atoms with Crippen LogP contribution in [0.5, 0.6) is 0 Å². The molecule has 404 valence electrons. The van der Waals surface area contributed by atoms with E-state index in [4.69, 9.17) is 14.2 Å². The van der Waals surface area contributed by atoms with Gasteiger partial charge in [-0.1, -0.05) is 263 Å². The van der Waals surface area contributed by atoms with Crippen LogP contribution in [0.2, 0.25) is 0 Å². The minimum Gasteiger partial charge on any atom is -0.462 e. The maximum atomic E-state index is 12.7. The molecule has 0 N–H and O–H groups in total. The molecule has 0 aliphatic carbocycles. The topological polar surface area (TPSA) is 78.9 Å². The Bertz CT molecular complexity index is 1160.